The van der Waals surface area contributed by atoms with Gasteiger partial charge in [-0.15, -0.1) is 0 Å². The highest BCUT2D eigenvalue weighted by Crippen LogP contribution is 2.56. The van der Waals surface area contributed by atoms with E-state index in [-0.39, 0.29) is 5.02 Å². The van der Waals surface area contributed by atoms with Gasteiger partial charge in [0.2, 0.25) is 0 Å². The minimum absolute atomic E-state index is 0.0639. The average Bonchev–Trinajstić information content (AvgIpc) is 3.13. The van der Waals surface area contributed by atoms with Crippen LogP contribution in [0.2, 0.25) is 5.02 Å². The minimum Gasteiger partial charge on any atom is -0.478 e. The predicted molar refractivity (Wildman–Crippen MR) is 85.2 cm³/mol. The van der Waals surface area contributed by atoms with Crippen molar-refractivity contribution in [3.05, 3.63) is 51.9 Å². The number of rotatable bonds is 3. The number of fused-ring (bicyclic) bond motifs is 5. The first-order valence-corrected chi connectivity index (χ1v) is 7.90. The van der Waals surface area contributed by atoms with Crippen LogP contribution in [0.25, 0.3) is 0 Å². The first-order valence-electron chi connectivity index (χ1n) is 7.52. The van der Waals surface area contributed by atoms with E-state index in [9.17, 15) is 14.3 Å². The Morgan fingerprint density at radius 1 is 1.30 bits per heavy atom. The van der Waals surface area contributed by atoms with Crippen LogP contribution >= 0.6 is 11.6 Å². The van der Waals surface area contributed by atoms with Crippen molar-refractivity contribution in [1.29, 1.82) is 0 Å². The Bertz CT molecular complexity index is 824. The number of pyridine rings is 1. The van der Waals surface area contributed by atoms with E-state index in [1.165, 1.54) is 18.3 Å². The summed E-state index contributed by atoms with van der Waals surface area (Å²) in [6.45, 7) is 0. The molecule has 0 radical (unpaired) electrons. The van der Waals surface area contributed by atoms with Gasteiger partial charge in [-0.25, -0.2) is 14.2 Å². The number of anilines is 2. The van der Waals surface area contributed by atoms with Gasteiger partial charge >= 0.3 is 5.97 Å². The van der Waals surface area contributed by atoms with Crippen molar-refractivity contribution in [2.24, 2.45) is 0 Å². The maximum absolute atomic E-state index is 13.6. The number of aromatic nitrogens is 1. The minimum atomic E-state index is -0.939. The SMILES string of the molecule is O=C(O)c1cnc(Nc2ccc(Cl)c(F)c2)c2c1C1CCC2C1. The Labute approximate surface area is 137 Å². The molecule has 0 saturated heterocycles. The first-order chi connectivity index (χ1) is 11.0. The van der Waals surface area contributed by atoms with Gasteiger partial charge in [0.05, 0.1) is 10.6 Å². The van der Waals surface area contributed by atoms with Crippen LogP contribution in [0.3, 0.4) is 0 Å². The van der Waals surface area contributed by atoms with Gasteiger partial charge < -0.3 is 10.4 Å². The van der Waals surface area contributed by atoms with E-state index >= 15 is 0 Å². The zero-order valence-electron chi connectivity index (χ0n) is 12.1. The molecule has 2 unspecified atom stereocenters. The van der Waals surface area contributed by atoms with Gasteiger partial charge in [-0.1, -0.05) is 11.6 Å². The van der Waals surface area contributed by atoms with E-state index in [1.807, 2.05) is 0 Å². The van der Waals surface area contributed by atoms with Gasteiger partial charge in [0.25, 0.3) is 0 Å². The van der Waals surface area contributed by atoms with Crippen LogP contribution in [0.5, 0.6) is 0 Å². The summed E-state index contributed by atoms with van der Waals surface area (Å²) < 4.78 is 13.6. The Hall–Kier alpha value is -2.14. The lowest BCUT2D eigenvalue weighted by Gasteiger charge is -2.20. The standard InChI is InChI=1S/C17H14ClFN2O2/c18-12-4-3-10(6-13(12)19)21-16-15-9-2-1-8(5-9)14(15)11(7-20-16)17(22)23/h3-4,6-9H,1-2,5H2,(H,20,21)(H,22,23). The summed E-state index contributed by atoms with van der Waals surface area (Å²) in [4.78, 5) is 15.8. The summed E-state index contributed by atoms with van der Waals surface area (Å²) in [7, 11) is 0. The normalized spacial score (nSPS) is 21.3. The Kier molecular flexibility index (Phi) is 3.27. The molecule has 2 N–H and O–H groups in total. The second kappa shape index (κ2) is 5.20. The number of carboxylic acid groups (broad SMARTS) is 1. The molecule has 4 nitrogen and oxygen atoms in total. The highest BCUT2D eigenvalue weighted by atomic mass is 35.5. The summed E-state index contributed by atoms with van der Waals surface area (Å²) >= 11 is 5.70. The van der Waals surface area contributed by atoms with E-state index in [2.05, 4.69) is 10.3 Å². The molecule has 1 aromatic carbocycles. The number of halogens is 2. The molecule has 6 heteroatoms. The number of aromatic carboxylic acids is 1. The molecule has 0 spiro atoms. The highest BCUT2D eigenvalue weighted by molar-refractivity contribution is 6.30. The Morgan fingerprint density at radius 2 is 2.04 bits per heavy atom. The van der Waals surface area contributed by atoms with Gasteiger partial charge in [0.15, 0.2) is 0 Å². The molecule has 2 aliphatic rings. The van der Waals surface area contributed by atoms with Crippen molar-refractivity contribution in [3.8, 4) is 0 Å². The molecule has 0 aliphatic heterocycles. The van der Waals surface area contributed by atoms with E-state index in [1.54, 1.807) is 6.07 Å². The zero-order chi connectivity index (χ0) is 16.1. The van der Waals surface area contributed by atoms with Crippen LogP contribution in [-0.2, 0) is 0 Å². The van der Waals surface area contributed by atoms with Crippen LogP contribution in [0.1, 0.15) is 52.6 Å². The molecule has 2 aliphatic carbocycles. The van der Waals surface area contributed by atoms with Crippen LogP contribution in [-0.4, -0.2) is 16.1 Å². The van der Waals surface area contributed by atoms with Crippen molar-refractivity contribution in [2.45, 2.75) is 31.1 Å². The van der Waals surface area contributed by atoms with E-state index in [4.69, 9.17) is 11.6 Å². The molecule has 2 bridgehead atoms. The largest absolute Gasteiger partial charge is 0.478 e. The quantitative estimate of drug-likeness (QED) is 0.856. The van der Waals surface area contributed by atoms with Crippen LogP contribution in [0, 0.1) is 5.82 Å². The van der Waals surface area contributed by atoms with Gasteiger partial charge in [-0.05, 0) is 54.9 Å². The molecule has 4 rings (SSSR count). The molecular weight excluding hydrogens is 319 g/mol. The molecule has 1 heterocycles. The van der Waals surface area contributed by atoms with Gasteiger partial charge in [-0.2, -0.15) is 0 Å². The summed E-state index contributed by atoms with van der Waals surface area (Å²) in [6, 6.07) is 4.48. The number of hydrogen-bond acceptors (Lipinski definition) is 3. The molecule has 1 saturated carbocycles. The number of nitrogens with zero attached hydrogens (tertiary/aromatic N) is 1. The third kappa shape index (κ3) is 2.27. The maximum Gasteiger partial charge on any atom is 0.337 e. The fourth-order valence-electron chi connectivity index (χ4n) is 3.88. The van der Waals surface area contributed by atoms with E-state index in [0.717, 1.165) is 30.4 Å². The van der Waals surface area contributed by atoms with Crippen LogP contribution < -0.4 is 5.32 Å². The van der Waals surface area contributed by atoms with Gasteiger partial charge in [0, 0.05) is 17.4 Å². The predicted octanol–water partition coefficient (Wildman–Crippen LogP) is 4.68. The number of nitrogens with one attached hydrogen (secondary N) is 1. The second-order valence-corrected chi connectivity index (χ2v) is 6.52. The van der Waals surface area contributed by atoms with E-state index < -0.39 is 11.8 Å². The van der Waals surface area contributed by atoms with E-state index in [0.29, 0.717) is 28.9 Å². The summed E-state index contributed by atoms with van der Waals surface area (Å²) in [6.07, 6.45) is 4.45. The van der Waals surface area contributed by atoms with Gasteiger partial charge in [-0.3, -0.25) is 0 Å². The zero-order valence-corrected chi connectivity index (χ0v) is 12.9. The lowest BCUT2D eigenvalue weighted by molar-refractivity contribution is 0.0694. The lowest BCUT2D eigenvalue weighted by atomic mass is 9.89. The van der Waals surface area contributed by atoms with Crippen molar-refractivity contribution in [1.82, 2.24) is 4.98 Å². The molecule has 0 amide bonds. The third-order valence-electron chi connectivity index (χ3n) is 4.82. The Morgan fingerprint density at radius 3 is 2.74 bits per heavy atom. The number of hydrogen-bond donors (Lipinski definition) is 2. The highest BCUT2D eigenvalue weighted by Gasteiger charge is 2.41. The smallest absolute Gasteiger partial charge is 0.337 e. The molecule has 23 heavy (non-hydrogen) atoms. The number of carbonyl (C=O) groups is 1. The third-order valence-corrected chi connectivity index (χ3v) is 5.13. The molecule has 118 valence electrons. The van der Waals surface area contributed by atoms with Gasteiger partial charge in [0.1, 0.15) is 11.6 Å². The lowest BCUT2D eigenvalue weighted by Crippen LogP contribution is -2.11. The summed E-state index contributed by atoms with van der Waals surface area (Å²) in [5.41, 5.74) is 2.73. The molecular formula is C17H14ClFN2O2. The van der Waals surface area contributed by atoms with Crippen LogP contribution in [0.4, 0.5) is 15.9 Å². The average molecular weight is 333 g/mol. The molecule has 2 aromatic rings. The van der Waals surface area contributed by atoms with Crippen molar-refractivity contribution in [2.75, 3.05) is 5.32 Å². The molecule has 1 fully saturated rings. The van der Waals surface area contributed by atoms with Crippen molar-refractivity contribution in [3.63, 3.8) is 0 Å². The second-order valence-electron chi connectivity index (χ2n) is 6.11. The first kappa shape index (κ1) is 14.5. The number of benzene rings is 1. The monoisotopic (exact) mass is 332 g/mol. The summed E-state index contributed by atoms with van der Waals surface area (Å²) in [5.74, 6) is -0.186. The molecule has 1 aromatic heterocycles. The topological polar surface area (TPSA) is 62.2 Å². The van der Waals surface area contributed by atoms with Crippen molar-refractivity contribution < 1.29 is 14.3 Å². The maximum atomic E-state index is 13.6. The molecule has 2 atom stereocenters. The van der Waals surface area contributed by atoms with Crippen molar-refractivity contribution >= 4 is 29.1 Å². The fourth-order valence-corrected chi connectivity index (χ4v) is 4.00. The Balaban J connectivity index is 1.78. The fraction of sp³-hybridized carbons (Fsp3) is 0.294. The number of carboxylic acids is 1. The summed E-state index contributed by atoms with van der Waals surface area (Å²) in [5, 5.41) is 12.6. The van der Waals surface area contributed by atoms with Crippen LogP contribution in [0.15, 0.2) is 24.4 Å².